The third kappa shape index (κ3) is 4.34. The molecular formula is C15H22N2O4. The predicted molar refractivity (Wildman–Crippen MR) is 78.7 cm³/mol. The fraction of sp³-hybridized carbons (Fsp3) is 0.533. The molecule has 0 amide bonds. The van der Waals surface area contributed by atoms with Crippen molar-refractivity contribution in [2.24, 2.45) is 16.8 Å². The Bertz CT molecular complexity index is 485. The molecule has 21 heavy (non-hydrogen) atoms. The minimum Gasteiger partial charge on any atom is -0.496 e. The zero-order valence-corrected chi connectivity index (χ0v) is 12.2. The number of benzene rings is 1. The number of methoxy groups -OCH3 is 1. The summed E-state index contributed by atoms with van der Waals surface area (Å²) in [6.45, 7) is 2.78. The van der Waals surface area contributed by atoms with Gasteiger partial charge in [0.25, 0.3) is 0 Å². The monoisotopic (exact) mass is 294 g/mol. The van der Waals surface area contributed by atoms with Crippen molar-refractivity contribution in [2.75, 3.05) is 26.9 Å². The number of nitrogens with zero attached hydrogens (tertiary/aromatic N) is 1. The topological polar surface area (TPSA) is 86.3 Å². The molecule has 3 N–H and O–H groups in total. The lowest BCUT2D eigenvalue weighted by molar-refractivity contribution is 0.0153. The summed E-state index contributed by atoms with van der Waals surface area (Å²) in [6.07, 6.45) is 2.09. The molecule has 0 unspecified atom stereocenters. The van der Waals surface area contributed by atoms with Gasteiger partial charge in [-0.05, 0) is 37.0 Å². The molecule has 0 aromatic heterocycles. The zero-order valence-electron chi connectivity index (χ0n) is 12.2. The first-order valence-electron chi connectivity index (χ1n) is 7.05. The zero-order chi connectivity index (χ0) is 15.1. The van der Waals surface area contributed by atoms with Gasteiger partial charge in [-0.2, -0.15) is 0 Å². The summed E-state index contributed by atoms with van der Waals surface area (Å²) in [7, 11) is 1.61. The van der Waals surface area contributed by atoms with Crippen LogP contribution in [-0.4, -0.2) is 38.0 Å². The number of hydrogen-bond donors (Lipinski definition) is 2. The molecule has 1 aliphatic rings. The van der Waals surface area contributed by atoms with Crippen LogP contribution in [0.2, 0.25) is 0 Å². The molecule has 116 valence electrons. The standard InChI is InChI=1S/C15H22N2O4/c1-19-14-3-2-12(15(16)17-18)8-13(14)10-21-9-11-4-6-20-7-5-11/h2-3,8,11,18H,4-7,9-10H2,1H3,(H2,16,17). The van der Waals surface area contributed by atoms with Gasteiger partial charge in [0.05, 0.1) is 20.3 Å². The highest BCUT2D eigenvalue weighted by Crippen LogP contribution is 2.22. The van der Waals surface area contributed by atoms with Crippen molar-refractivity contribution in [1.82, 2.24) is 0 Å². The highest BCUT2D eigenvalue weighted by molar-refractivity contribution is 5.97. The fourth-order valence-electron chi connectivity index (χ4n) is 2.36. The minimum atomic E-state index is 0.0725. The van der Waals surface area contributed by atoms with Crippen LogP contribution in [0.1, 0.15) is 24.0 Å². The number of hydrogen-bond acceptors (Lipinski definition) is 5. The Morgan fingerprint density at radius 2 is 2.19 bits per heavy atom. The van der Waals surface area contributed by atoms with E-state index in [9.17, 15) is 0 Å². The highest BCUT2D eigenvalue weighted by atomic mass is 16.5. The van der Waals surface area contributed by atoms with Crippen LogP contribution < -0.4 is 10.5 Å². The van der Waals surface area contributed by atoms with E-state index in [1.54, 1.807) is 19.2 Å². The van der Waals surface area contributed by atoms with Gasteiger partial charge in [0.15, 0.2) is 5.84 Å². The molecule has 1 aromatic carbocycles. The van der Waals surface area contributed by atoms with Crippen molar-refractivity contribution in [3.63, 3.8) is 0 Å². The van der Waals surface area contributed by atoms with Gasteiger partial charge >= 0.3 is 0 Å². The summed E-state index contributed by atoms with van der Waals surface area (Å²) in [5.41, 5.74) is 7.13. The van der Waals surface area contributed by atoms with Crippen LogP contribution in [0.25, 0.3) is 0 Å². The molecule has 1 heterocycles. The molecule has 0 bridgehead atoms. The first kappa shape index (κ1) is 15.6. The summed E-state index contributed by atoms with van der Waals surface area (Å²) in [5, 5.41) is 11.7. The average Bonchev–Trinajstić information content (AvgIpc) is 2.55. The Labute approximate surface area is 124 Å². The first-order chi connectivity index (χ1) is 10.2. The molecule has 0 saturated carbocycles. The van der Waals surface area contributed by atoms with Crippen LogP contribution >= 0.6 is 0 Å². The first-order valence-corrected chi connectivity index (χ1v) is 7.05. The molecule has 0 atom stereocenters. The van der Waals surface area contributed by atoms with E-state index in [-0.39, 0.29) is 5.84 Å². The molecule has 1 aromatic rings. The van der Waals surface area contributed by atoms with E-state index in [0.717, 1.165) is 37.4 Å². The number of ether oxygens (including phenoxy) is 3. The minimum absolute atomic E-state index is 0.0725. The summed E-state index contributed by atoms with van der Waals surface area (Å²) in [4.78, 5) is 0. The van der Waals surface area contributed by atoms with Crippen LogP contribution in [-0.2, 0) is 16.1 Å². The van der Waals surface area contributed by atoms with E-state index < -0.39 is 0 Å². The second-order valence-corrected chi connectivity index (χ2v) is 5.08. The van der Waals surface area contributed by atoms with Gasteiger partial charge in [-0.3, -0.25) is 0 Å². The van der Waals surface area contributed by atoms with Crippen molar-refractivity contribution in [3.05, 3.63) is 29.3 Å². The number of nitrogens with two attached hydrogens (primary N) is 1. The maximum absolute atomic E-state index is 8.74. The van der Waals surface area contributed by atoms with Crippen molar-refractivity contribution < 1.29 is 19.4 Å². The van der Waals surface area contributed by atoms with E-state index in [4.69, 9.17) is 25.2 Å². The van der Waals surface area contributed by atoms with Gasteiger partial charge in [0.1, 0.15) is 5.75 Å². The Morgan fingerprint density at radius 1 is 1.43 bits per heavy atom. The quantitative estimate of drug-likeness (QED) is 0.361. The van der Waals surface area contributed by atoms with Crippen LogP contribution in [0.4, 0.5) is 0 Å². The summed E-state index contributed by atoms with van der Waals surface area (Å²) < 4.78 is 16.4. The number of rotatable bonds is 6. The fourth-order valence-corrected chi connectivity index (χ4v) is 2.36. The van der Waals surface area contributed by atoms with Crippen LogP contribution in [0.5, 0.6) is 5.75 Å². The Hall–Kier alpha value is -1.79. The maximum Gasteiger partial charge on any atom is 0.170 e. The average molecular weight is 294 g/mol. The van der Waals surface area contributed by atoms with E-state index in [2.05, 4.69) is 5.16 Å². The summed E-state index contributed by atoms with van der Waals surface area (Å²) >= 11 is 0. The number of amidine groups is 1. The lowest BCUT2D eigenvalue weighted by Crippen LogP contribution is -2.20. The molecule has 0 aliphatic carbocycles. The molecule has 0 spiro atoms. The van der Waals surface area contributed by atoms with E-state index in [1.807, 2.05) is 6.07 Å². The van der Waals surface area contributed by atoms with Gasteiger partial charge in [0, 0.05) is 24.3 Å². The van der Waals surface area contributed by atoms with Crippen molar-refractivity contribution in [3.8, 4) is 5.75 Å². The molecule has 2 rings (SSSR count). The van der Waals surface area contributed by atoms with E-state index >= 15 is 0 Å². The third-order valence-corrected chi connectivity index (χ3v) is 3.64. The smallest absolute Gasteiger partial charge is 0.170 e. The van der Waals surface area contributed by atoms with Crippen LogP contribution in [0, 0.1) is 5.92 Å². The lowest BCUT2D eigenvalue weighted by atomic mass is 10.0. The van der Waals surface area contributed by atoms with Crippen molar-refractivity contribution in [2.45, 2.75) is 19.4 Å². The molecule has 1 aliphatic heterocycles. The van der Waals surface area contributed by atoms with Gasteiger partial charge in [-0.25, -0.2) is 0 Å². The highest BCUT2D eigenvalue weighted by Gasteiger charge is 2.14. The molecule has 6 nitrogen and oxygen atoms in total. The molecule has 6 heteroatoms. The Morgan fingerprint density at radius 3 is 2.86 bits per heavy atom. The van der Waals surface area contributed by atoms with Gasteiger partial charge in [0.2, 0.25) is 0 Å². The van der Waals surface area contributed by atoms with Gasteiger partial charge in [-0.1, -0.05) is 5.16 Å². The third-order valence-electron chi connectivity index (χ3n) is 3.64. The van der Waals surface area contributed by atoms with Gasteiger partial charge in [-0.15, -0.1) is 0 Å². The second-order valence-electron chi connectivity index (χ2n) is 5.08. The lowest BCUT2D eigenvalue weighted by Gasteiger charge is -2.22. The van der Waals surface area contributed by atoms with Crippen LogP contribution in [0.3, 0.4) is 0 Å². The molecular weight excluding hydrogens is 272 g/mol. The van der Waals surface area contributed by atoms with E-state index in [0.29, 0.717) is 24.7 Å². The summed E-state index contributed by atoms with van der Waals surface area (Å²) in [6, 6.07) is 5.36. The maximum atomic E-state index is 8.74. The molecule has 0 radical (unpaired) electrons. The normalized spacial score (nSPS) is 16.9. The Balaban J connectivity index is 1.96. The van der Waals surface area contributed by atoms with Crippen molar-refractivity contribution >= 4 is 5.84 Å². The van der Waals surface area contributed by atoms with Gasteiger partial charge < -0.3 is 25.2 Å². The second kappa shape index (κ2) is 7.85. The SMILES string of the molecule is COc1ccc(/C(N)=N/O)cc1COCC1CCOCC1. The van der Waals surface area contributed by atoms with E-state index in [1.165, 1.54) is 0 Å². The summed E-state index contributed by atoms with van der Waals surface area (Å²) in [5.74, 6) is 1.36. The largest absolute Gasteiger partial charge is 0.496 e. The Kier molecular flexibility index (Phi) is 5.83. The predicted octanol–water partition coefficient (Wildman–Crippen LogP) is 1.73. The van der Waals surface area contributed by atoms with Crippen LogP contribution in [0.15, 0.2) is 23.4 Å². The van der Waals surface area contributed by atoms with Crippen molar-refractivity contribution in [1.29, 1.82) is 0 Å². The molecule has 1 saturated heterocycles. The molecule has 1 fully saturated rings. The number of oxime groups is 1.